The average molecular weight is 421 g/mol. The first-order chi connectivity index (χ1) is 14.8. The Bertz CT molecular complexity index is 1290. The number of carbonyl (C=O) groups excluding carboxylic acids is 2. The lowest BCUT2D eigenvalue weighted by Gasteiger charge is -2.14. The van der Waals surface area contributed by atoms with Crippen molar-refractivity contribution >= 4 is 28.9 Å². The smallest absolute Gasteiger partial charge is 0.273 e. The van der Waals surface area contributed by atoms with E-state index >= 15 is 0 Å². The van der Waals surface area contributed by atoms with Gasteiger partial charge in [0.15, 0.2) is 0 Å². The molecule has 0 radical (unpaired) electrons. The Morgan fingerprint density at radius 3 is 2.13 bits per heavy atom. The van der Waals surface area contributed by atoms with Gasteiger partial charge < -0.3 is 9.84 Å². The molecule has 0 saturated heterocycles. The lowest BCUT2D eigenvalue weighted by molar-refractivity contribution is -0.385. The van der Waals surface area contributed by atoms with Crippen molar-refractivity contribution in [1.82, 2.24) is 0 Å². The van der Waals surface area contributed by atoms with Gasteiger partial charge in [-0.2, -0.15) is 0 Å². The third kappa shape index (κ3) is 3.40. The molecule has 3 aromatic rings. The van der Waals surface area contributed by atoms with Crippen LogP contribution in [0.1, 0.15) is 20.7 Å². The van der Waals surface area contributed by atoms with Crippen LogP contribution in [0.3, 0.4) is 0 Å². The number of fused-ring (bicyclic) bond motifs is 1. The quantitative estimate of drug-likeness (QED) is 0.371. The molecule has 0 unspecified atom stereocenters. The number of carbonyl (C=O) groups is 2. The van der Waals surface area contributed by atoms with Crippen LogP contribution in [-0.4, -0.2) is 26.8 Å². The van der Waals surface area contributed by atoms with Gasteiger partial charge in [-0.15, -0.1) is 0 Å². The van der Waals surface area contributed by atoms with Gasteiger partial charge in [0.05, 0.1) is 27.0 Å². The minimum atomic E-state index is -0.805. The van der Waals surface area contributed by atoms with Crippen molar-refractivity contribution in [1.29, 1.82) is 0 Å². The number of benzene rings is 3. The lowest BCUT2D eigenvalue weighted by atomic mass is 10.1. The van der Waals surface area contributed by atoms with E-state index in [0.717, 1.165) is 18.2 Å². The Hall–Kier alpha value is -4.80. The molecule has 4 rings (SSSR count). The first-order valence-corrected chi connectivity index (χ1v) is 8.69. The van der Waals surface area contributed by atoms with Crippen LogP contribution < -0.4 is 9.64 Å². The molecule has 31 heavy (non-hydrogen) atoms. The van der Waals surface area contributed by atoms with Crippen LogP contribution >= 0.6 is 0 Å². The highest BCUT2D eigenvalue weighted by Crippen LogP contribution is 2.38. The standard InChI is InChI=1S/C20H11N3O8/c24-18-7-4-12(23(29)30)9-17(18)21-19(25)15-6-5-14(10-16(15)20(21)26)31-13-3-1-2-11(8-13)22(27)28/h1-10,24H. The molecule has 0 bridgehead atoms. The first-order valence-electron chi connectivity index (χ1n) is 8.69. The van der Waals surface area contributed by atoms with E-state index in [4.69, 9.17) is 4.74 Å². The number of ether oxygens (including phenoxy) is 1. The Morgan fingerprint density at radius 2 is 1.42 bits per heavy atom. The summed E-state index contributed by atoms with van der Waals surface area (Å²) in [5, 5.41) is 32.0. The number of nitrogens with zero attached hydrogens (tertiary/aromatic N) is 3. The number of hydrogen-bond acceptors (Lipinski definition) is 8. The molecule has 0 spiro atoms. The number of nitro groups is 2. The van der Waals surface area contributed by atoms with Crippen LogP contribution in [0.2, 0.25) is 0 Å². The molecule has 11 nitrogen and oxygen atoms in total. The highest BCUT2D eigenvalue weighted by atomic mass is 16.6. The monoisotopic (exact) mass is 421 g/mol. The molecule has 1 heterocycles. The molecular formula is C20H11N3O8. The summed E-state index contributed by atoms with van der Waals surface area (Å²) in [7, 11) is 0. The molecule has 0 atom stereocenters. The fraction of sp³-hybridized carbons (Fsp3) is 0. The van der Waals surface area contributed by atoms with Crippen LogP contribution in [0.15, 0.2) is 60.7 Å². The number of hydrogen-bond donors (Lipinski definition) is 1. The van der Waals surface area contributed by atoms with Gasteiger partial charge in [-0.05, 0) is 30.3 Å². The van der Waals surface area contributed by atoms with Crippen LogP contribution in [0.5, 0.6) is 17.2 Å². The number of anilines is 1. The van der Waals surface area contributed by atoms with Gasteiger partial charge in [0.1, 0.15) is 22.9 Å². The van der Waals surface area contributed by atoms with Crippen molar-refractivity contribution in [3.63, 3.8) is 0 Å². The predicted octanol–water partition coefficient (Wildman–Crippen LogP) is 3.80. The first kappa shape index (κ1) is 19.5. The summed E-state index contributed by atoms with van der Waals surface area (Å²) >= 11 is 0. The third-order valence-corrected chi connectivity index (χ3v) is 4.53. The van der Waals surface area contributed by atoms with Gasteiger partial charge in [0, 0.05) is 18.2 Å². The molecule has 2 amide bonds. The van der Waals surface area contributed by atoms with E-state index in [1.165, 1.54) is 42.5 Å². The Balaban J connectivity index is 1.68. The van der Waals surface area contributed by atoms with Crippen molar-refractivity contribution in [2.75, 3.05) is 4.90 Å². The van der Waals surface area contributed by atoms with Crippen LogP contribution in [0, 0.1) is 20.2 Å². The summed E-state index contributed by atoms with van der Waals surface area (Å²) < 4.78 is 5.57. The van der Waals surface area contributed by atoms with Crippen LogP contribution in [-0.2, 0) is 0 Å². The van der Waals surface area contributed by atoms with Crippen molar-refractivity contribution < 1.29 is 29.3 Å². The minimum Gasteiger partial charge on any atom is -0.506 e. The highest BCUT2D eigenvalue weighted by Gasteiger charge is 2.39. The molecule has 1 aliphatic rings. The van der Waals surface area contributed by atoms with E-state index in [1.54, 1.807) is 0 Å². The Morgan fingerprint density at radius 1 is 0.774 bits per heavy atom. The molecule has 0 aliphatic carbocycles. The lowest BCUT2D eigenvalue weighted by Crippen LogP contribution is -2.29. The predicted molar refractivity (Wildman–Crippen MR) is 106 cm³/mol. The number of amides is 2. The second kappa shape index (κ2) is 7.22. The number of aromatic hydroxyl groups is 1. The highest BCUT2D eigenvalue weighted by molar-refractivity contribution is 6.35. The molecule has 1 N–H and O–H groups in total. The Kier molecular flexibility index (Phi) is 4.55. The molecular weight excluding hydrogens is 410 g/mol. The molecule has 3 aromatic carbocycles. The number of phenols is 1. The number of imide groups is 1. The van der Waals surface area contributed by atoms with Crippen molar-refractivity contribution in [3.8, 4) is 17.2 Å². The second-order valence-electron chi connectivity index (χ2n) is 6.44. The van der Waals surface area contributed by atoms with E-state index in [0.29, 0.717) is 4.90 Å². The zero-order valence-corrected chi connectivity index (χ0v) is 15.4. The van der Waals surface area contributed by atoms with E-state index < -0.39 is 33.1 Å². The van der Waals surface area contributed by atoms with Crippen LogP contribution in [0.4, 0.5) is 17.1 Å². The summed E-state index contributed by atoms with van der Waals surface area (Å²) in [6.45, 7) is 0. The van der Waals surface area contributed by atoms with E-state index in [1.807, 2.05) is 0 Å². The summed E-state index contributed by atoms with van der Waals surface area (Å²) in [5.74, 6) is -1.75. The minimum absolute atomic E-state index is 0.0160. The van der Waals surface area contributed by atoms with E-state index in [-0.39, 0.29) is 34.0 Å². The number of rotatable bonds is 5. The second-order valence-corrected chi connectivity index (χ2v) is 6.44. The average Bonchev–Trinajstić information content (AvgIpc) is 2.98. The number of nitro benzene ring substituents is 2. The largest absolute Gasteiger partial charge is 0.506 e. The maximum absolute atomic E-state index is 12.9. The van der Waals surface area contributed by atoms with Gasteiger partial charge in [-0.1, -0.05) is 6.07 Å². The number of non-ortho nitro benzene ring substituents is 2. The van der Waals surface area contributed by atoms with Gasteiger partial charge in [-0.3, -0.25) is 29.8 Å². The maximum atomic E-state index is 12.9. The molecule has 1 aliphatic heterocycles. The summed E-state index contributed by atoms with van der Waals surface area (Å²) in [6.07, 6.45) is 0. The Labute approximate surface area is 173 Å². The van der Waals surface area contributed by atoms with Crippen molar-refractivity contribution in [2.45, 2.75) is 0 Å². The van der Waals surface area contributed by atoms with E-state index in [2.05, 4.69) is 0 Å². The summed E-state index contributed by atoms with van der Waals surface area (Å²) in [5.41, 5.74) is -0.932. The fourth-order valence-corrected chi connectivity index (χ4v) is 3.10. The zero-order chi connectivity index (χ0) is 22.3. The molecule has 154 valence electrons. The molecule has 0 fully saturated rings. The fourth-order valence-electron chi connectivity index (χ4n) is 3.10. The van der Waals surface area contributed by atoms with Crippen molar-refractivity contribution in [3.05, 3.63) is 92.0 Å². The van der Waals surface area contributed by atoms with Crippen molar-refractivity contribution in [2.24, 2.45) is 0 Å². The normalized spacial score (nSPS) is 12.6. The zero-order valence-electron chi connectivity index (χ0n) is 15.4. The van der Waals surface area contributed by atoms with Crippen LogP contribution in [0.25, 0.3) is 0 Å². The maximum Gasteiger partial charge on any atom is 0.273 e. The number of phenolic OH excluding ortho intramolecular Hbond substituents is 1. The van der Waals surface area contributed by atoms with Gasteiger partial charge in [-0.25, -0.2) is 4.90 Å². The van der Waals surface area contributed by atoms with Gasteiger partial charge >= 0.3 is 0 Å². The molecule has 11 heteroatoms. The molecule has 0 aromatic heterocycles. The topological polar surface area (TPSA) is 153 Å². The van der Waals surface area contributed by atoms with E-state index in [9.17, 15) is 34.9 Å². The third-order valence-electron chi connectivity index (χ3n) is 4.53. The van der Waals surface area contributed by atoms with Gasteiger partial charge in [0.25, 0.3) is 23.2 Å². The summed E-state index contributed by atoms with van der Waals surface area (Å²) in [6, 6.07) is 12.4. The van der Waals surface area contributed by atoms with Gasteiger partial charge in [0.2, 0.25) is 0 Å². The summed E-state index contributed by atoms with van der Waals surface area (Å²) in [4.78, 5) is 46.9. The molecule has 0 saturated carbocycles. The SMILES string of the molecule is O=C1c2ccc(Oc3cccc([N+](=O)[O-])c3)cc2C(=O)N1c1cc([N+](=O)[O-])ccc1O.